The summed E-state index contributed by atoms with van der Waals surface area (Å²) in [4.78, 5) is 11.1. The second-order valence-electron chi connectivity index (χ2n) is 3.40. The predicted octanol–water partition coefficient (Wildman–Crippen LogP) is 3.68. The highest BCUT2D eigenvalue weighted by Crippen LogP contribution is 2.24. The maximum absolute atomic E-state index is 11.1. The van der Waals surface area contributed by atoms with Crippen molar-refractivity contribution in [2.75, 3.05) is 0 Å². The zero-order chi connectivity index (χ0) is 13.0. The molecule has 0 aliphatic heterocycles. The van der Waals surface area contributed by atoms with Gasteiger partial charge in [-0.05, 0) is 30.7 Å². The molecule has 0 fully saturated rings. The lowest BCUT2D eigenvalue weighted by atomic mass is 10.1. The molecule has 0 amide bonds. The van der Waals surface area contributed by atoms with Crippen molar-refractivity contribution >= 4 is 37.6 Å². The number of aliphatic hydroxyl groups is 1. The minimum atomic E-state index is -0.434. The molecular formula is C12H9Br2NO2. The Morgan fingerprint density at radius 1 is 1.47 bits per heavy atom. The lowest BCUT2D eigenvalue weighted by molar-refractivity contribution is -0.113. The quantitative estimate of drug-likeness (QED) is 0.509. The van der Waals surface area contributed by atoms with Crippen LogP contribution in [0.2, 0.25) is 0 Å². The van der Waals surface area contributed by atoms with Gasteiger partial charge in [0.05, 0.1) is 0 Å². The van der Waals surface area contributed by atoms with E-state index in [1.807, 2.05) is 18.2 Å². The zero-order valence-electron chi connectivity index (χ0n) is 9.00. The summed E-state index contributed by atoms with van der Waals surface area (Å²) in [6.07, 6.45) is 0.141. The molecule has 0 aliphatic carbocycles. The Hall–Kier alpha value is -1.12. The number of Topliss-reactive ketones (excluding diaryl/α,β-unsaturated/α-hetero) is 1. The zero-order valence-corrected chi connectivity index (χ0v) is 12.2. The average molecular weight is 359 g/mol. The SMILES string of the molecule is CC(=O)C(C#N)=C(O)Cc1cc(Br)ccc1Br. The molecule has 88 valence electrons. The first-order chi connectivity index (χ1) is 7.95. The molecular weight excluding hydrogens is 350 g/mol. The van der Waals surface area contributed by atoms with Crippen molar-refractivity contribution in [3.8, 4) is 6.07 Å². The smallest absolute Gasteiger partial charge is 0.173 e. The molecule has 0 radical (unpaired) electrons. The van der Waals surface area contributed by atoms with E-state index in [0.717, 1.165) is 14.5 Å². The molecule has 0 saturated carbocycles. The number of carbonyl (C=O) groups excluding carboxylic acids is 1. The third-order valence-corrected chi connectivity index (χ3v) is 3.38. The van der Waals surface area contributed by atoms with Crippen LogP contribution in [0, 0.1) is 11.3 Å². The van der Waals surface area contributed by atoms with Crippen molar-refractivity contribution in [1.82, 2.24) is 0 Å². The van der Waals surface area contributed by atoms with E-state index in [2.05, 4.69) is 31.9 Å². The molecule has 0 aliphatic rings. The maximum Gasteiger partial charge on any atom is 0.173 e. The Labute approximate surface area is 116 Å². The Morgan fingerprint density at radius 2 is 2.12 bits per heavy atom. The number of halogens is 2. The highest BCUT2D eigenvalue weighted by Gasteiger charge is 2.12. The number of ketones is 1. The molecule has 5 heteroatoms. The van der Waals surface area contributed by atoms with Gasteiger partial charge in [0.15, 0.2) is 5.78 Å². The van der Waals surface area contributed by atoms with Gasteiger partial charge in [-0.25, -0.2) is 0 Å². The summed E-state index contributed by atoms with van der Waals surface area (Å²) in [6.45, 7) is 1.25. The van der Waals surface area contributed by atoms with E-state index in [9.17, 15) is 9.90 Å². The lowest BCUT2D eigenvalue weighted by Crippen LogP contribution is -2.02. The number of carbonyl (C=O) groups is 1. The molecule has 3 nitrogen and oxygen atoms in total. The van der Waals surface area contributed by atoms with Crippen molar-refractivity contribution in [3.63, 3.8) is 0 Å². The van der Waals surface area contributed by atoms with Crippen molar-refractivity contribution in [1.29, 1.82) is 5.26 Å². The number of benzene rings is 1. The van der Waals surface area contributed by atoms with Gasteiger partial charge in [-0.3, -0.25) is 4.79 Å². The summed E-state index contributed by atoms with van der Waals surface area (Å²) in [5.41, 5.74) is 0.600. The summed E-state index contributed by atoms with van der Waals surface area (Å²) in [7, 11) is 0. The van der Waals surface area contributed by atoms with Crippen molar-refractivity contribution in [2.24, 2.45) is 0 Å². The molecule has 0 bridgehead atoms. The molecule has 1 rings (SSSR count). The Balaban J connectivity index is 3.11. The van der Waals surface area contributed by atoms with Crippen molar-refractivity contribution in [3.05, 3.63) is 44.0 Å². The van der Waals surface area contributed by atoms with Gasteiger partial charge < -0.3 is 5.11 Å². The third-order valence-electron chi connectivity index (χ3n) is 2.12. The Kier molecular flexibility index (Phi) is 4.91. The van der Waals surface area contributed by atoms with Crippen LogP contribution in [0.3, 0.4) is 0 Å². The molecule has 0 atom stereocenters. The summed E-state index contributed by atoms with van der Waals surface area (Å²) >= 11 is 6.66. The number of nitriles is 1. The van der Waals surface area contributed by atoms with Gasteiger partial charge >= 0.3 is 0 Å². The van der Waals surface area contributed by atoms with Crippen LogP contribution in [0.25, 0.3) is 0 Å². The number of hydrogen-bond donors (Lipinski definition) is 1. The van der Waals surface area contributed by atoms with Gasteiger partial charge in [0.25, 0.3) is 0 Å². The van der Waals surface area contributed by atoms with Crippen LogP contribution in [0.1, 0.15) is 12.5 Å². The van der Waals surface area contributed by atoms with Crippen LogP contribution in [0.15, 0.2) is 38.5 Å². The summed E-state index contributed by atoms with van der Waals surface area (Å²) in [5, 5.41) is 18.5. The van der Waals surface area contributed by atoms with Gasteiger partial charge in [0.2, 0.25) is 0 Å². The van der Waals surface area contributed by atoms with Crippen molar-refractivity contribution in [2.45, 2.75) is 13.3 Å². The first-order valence-corrected chi connectivity index (χ1v) is 6.31. The van der Waals surface area contributed by atoms with Crippen LogP contribution in [0.4, 0.5) is 0 Å². The number of aliphatic hydroxyl groups excluding tert-OH is 1. The van der Waals surface area contributed by atoms with E-state index in [-0.39, 0.29) is 17.8 Å². The Morgan fingerprint density at radius 3 is 2.65 bits per heavy atom. The van der Waals surface area contributed by atoms with E-state index in [4.69, 9.17) is 5.26 Å². The average Bonchev–Trinajstić information content (AvgIpc) is 2.24. The topological polar surface area (TPSA) is 61.1 Å². The number of hydrogen-bond acceptors (Lipinski definition) is 3. The normalized spacial score (nSPS) is 11.6. The van der Waals surface area contributed by atoms with Crippen LogP contribution >= 0.6 is 31.9 Å². The first kappa shape index (κ1) is 13.9. The van der Waals surface area contributed by atoms with E-state index in [0.29, 0.717) is 0 Å². The molecule has 0 aromatic heterocycles. The fourth-order valence-electron chi connectivity index (χ4n) is 1.29. The van der Waals surface area contributed by atoms with Crippen LogP contribution in [0.5, 0.6) is 0 Å². The lowest BCUT2D eigenvalue weighted by Gasteiger charge is -2.05. The summed E-state index contributed by atoms with van der Waals surface area (Å²) in [6, 6.07) is 7.20. The van der Waals surface area contributed by atoms with Gasteiger partial charge in [-0.2, -0.15) is 5.26 Å². The summed E-state index contributed by atoms with van der Waals surface area (Å²) < 4.78 is 1.68. The van der Waals surface area contributed by atoms with E-state index in [1.54, 1.807) is 6.07 Å². The highest BCUT2D eigenvalue weighted by atomic mass is 79.9. The molecule has 0 saturated heterocycles. The Bertz CT molecular complexity index is 530. The van der Waals surface area contributed by atoms with Crippen LogP contribution < -0.4 is 0 Å². The van der Waals surface area contributed by atoms with Crippen LogP contribution in [-0.2, 0) is 11.2 Å². The van der Waals surface area contributed by atoms with E-state index in [1.165, 1.54) is 6.92 Å². The van der Waals surface area contributed by atoms with Crippen molar-refractivity contribution < 1.29 is 9.90 Å². The molecule has 0 spiro atoms. The molecule has 0 unspecified atom stereocenters. The number of nitrogens with zero attached hydrogens (tertiary/aromatic N) is 1. The van der Waals surface area contributed by atoms with Crippen LogP contribution in [-0.4, -0.2) is 10.9 Å². The largest absolute Gasteiger partial charge is 0.510 e. The van der Waals surface area contributed by atoms with E-state index < -0.39 is 5.78 Å². The highest BCUT2D eigenvalue weighted by molar-refractivity contribution is 9.11. The molecule has 1 N–H and O–H groups in total. The molecule has 1 aromatic rings. The molecule has 1 aromatic carbocycles. The maximum atomic E-state index is 11.1. The fourth-order valence-corrected chi connectivity index (χ4v) is 2.09. The standard InChI is InChI=1S/C12H9Br2NO2/c1-7(16)10(6-15)12(17)5-8-4-9(13)2-3-11(8)14/h2-4,17H,5H2,1H3. The second kappa shape index (κ2) is 5.99. The monoisotopic (exact) mass is 357 g/mol. The van der Waals surface area contributed by atoms with Gasteiger partial charge in [-0.1, -0.05) is 31.9 Å². The first-order valence-electron chi connectivity index (χ1n) is 4.72. The third kappa shape index (κ3) is 3.69. The van der Waals surface area contributed by atoms with Gasteiger partial charge in [-0.15, -0.1) is 0 Å². The van der Waals surface area contributed by atoms with Gasteiger partial charge in [0.1, 0.15) is 17.4 Å². The number of rotatable bonds is 3. The fraction of sp³-hybridized carbons (Fsp3) is 0.167. The minimum Gasteiger partial charge on any atom is -0.510 e. The molecule has 17 heavy (non-hydrogen) atoms. The molecule has 0 heterocycles. The predicted molar refractivity (Wildman–Crippen MR) is 71.5 cm³/mol. The summed E-state index contributed by atoms with van der Waals surface area (Å²) in [5.74, 6) is -0.644. The number of allylic oxidation sites excluding steroid dienone is 2. The minimum absolute atomic E-state index is 0.141. The van der Waals surface area contributed by atoms with Gasteiger partial charge in [0, 0.05) is 15.4 Å². The van der Waals surface area contributed by atoms with E-state index >= 15 is 0 Å². The second-order valence-corrected chi connectivity index (χ2v) is 5.17.